The SMILES string of the molecule is Cc1ccc(N(C)CC(=O)Nc2cc(N)ccc2C)cc1. The number of benzene rings is 2. The van der Waals surface area contributed by atoms with E-state index in [2.05, 4.69) is 5.32 Å². The highest BCUT2D eigenvalue weighted by Gasteiger charge is 2.09. The number of carbonyl (C=O) groups excluding carboxylic acids is 1. The number of nitrogen functional groups attached to an aromatic ring is 1. The Bertz CT molecular complexity index is 635. The normalized spacial score (nSPS) is 10.2. The van der Waals surface area contributed by atoms with Crippen LogP contribution in [0.25, 0.3) is 0 Å². The Morgan fingerprint density at radius 3 is 2.48 bits per heavy atom. The van der Waals surface area contributed by atoms with Crippen molar-refractivity contribution in [2.75, 3.05) is 29.5 Å². The maximum absolute atomic E-state index is 12.1. The number of likely N-dealkylation sites (N-methyl/N-ethyl adjacent to an activating group) is 1. The summed E-state index contributed by atoms with van der Waals surface area (Å²) < 4.78 is 0. The van der Waals surface area contributed by atoms with Crippen LogP contribution in [0.5, 0.6) is 0 Å². The Balaban J connectivity index is 2.01. The van der Waals surface area contributed by atoms with E-state index in [4.69, 9.17) is 5.73 Å². The van der Waals surface area contributed by atoms with E-state index in [9.17, 15) is 4.79 Å². The van der Waals surface area contributed by atoms with Gasteiger partial charge in [0.1, 0.15) is 0 Å². The van der Waals surface area contributed by atoms with E-state index in [1.807, 2.05) is 62.2 Å². The number of hydrogen-bond donors (Lipinski definition) is 2. The lowest BCUT2D eigenvalue weighted by atomic mass is 10.2. The van der Waals surface area contributed by atoms with Crippen molar-refractivity contribution < 1.29 is 4.79 Å². The van der Waals surface area contributed by atoms with Crippen LogP contribution in [0.2, 0.25) is 0 Å². The number of nitrogens with zero attached hydrogens (tertiary/aromatic N) is 1. The maximum Gasteiger partial charge on any atom is 0.243 e. The molecule has 0 aliphatic rings. The molecule has 21 heavy (non-hydrogen) atoms. The number of nitrogens with two attached hydrogens (primary N) is 1. The van der Waals surface area contributed by atoms with Crippen molar-refractivity contribution in [2.24, 2.45) is 0 Å². The molecule has 0 fully saturated rings. The number of hydrogen-bond acceptors (Lipinski definition) is 3. The zero-order valence-corrected chi connectivity index (χ0v) is 12.7. The fourth-order valence-electron chi connectivity index (χ4n) is 2.07. The van der Waals surface area contributed by atoms with Gasteiger partial charge in [-0.1, -0.05) is 23.8 Å². The van der Waals surface area contributed by atoms with Gasteiger partial charge in [-0.05, 0) is 43.7 Å². The standard InChI is InChI=1S/C17H21N3O/c1-12-4-8-15(9-5-12)20(3)11-17(21)19-16-10-14(18)7-6-13(16)2/h4-10H,11,18H2,1-3H3,(H,19,21). The Kier molecular flexibility index (Phi) is 4.48. The smallest absolute Gasteiger partial charge is 0.243 e. The lowest BCUT2D eigenvalue weighted by molar-refractivity contribution is -0.114. The van der Waals surface area contributed by atoms with Crippen molar-refractivity contribution in [2.45, 2.75) is 13.8 Å². The van der Waals surface area contributed by atoms with Crippen LogP contribution in [0.1, 0.15) is 11.1 Å². The van der Waals surface area contributed by atoms with Crippen LogP contribution >= 0.6 is 0 Å². The summed E-state index contributed by atoms with van der Waals surface area (Å²) in [6, 6.07) is 13.6. The predicted octanol–water partition coefficient (Wildman–Crippen LogP) is 2.96. The van der Waals surface area contributed by atoms with Gasteiger partial charge in [0, 0.05) is 24.1 Å². The van der Waals surface area contributed by atoms with E-state index < -0.39 is 0 Å². The monoisotopic (exact) mass is 283 g/mol. The van der Waals surface area contributed by atoms with Gasteiger partial charge in [0.25, 0.3) is 0 Å². The van der Waals surface area contributed by atoms with Crippen LogP contribution in [0.4, 0.5) is 17.1 Å². The molecule has 4 nitrogen and oxygen atoms in total. The molecular formula is C17H21N3O. The average Bonchev–Trinajstić information content (AvgIpc) is 2.43. The van der Waals surface area contributed by atoms with Gasteiger partial charge in [0.15, 0.2) is 0 Å². The van der Waals surface area contributed by atoms with Crippen molar-refractivity contribution in [3.05, 3.63) is 53.6 Å². The molecule has 2 rings (SSSR count). The highest BCUT2D eigenvalue weighted by molar-refractivity contribution is 5.95. The zero-order valence-electron chi connectivity index (χ0n) is 12.7. The van der Waals surface area contributed by atoms with Crippen LogP contribution in [0.15, 0.2) is 42.5 Å². The van der Waals surface area contributed by atoms with Gasteiger partial charge in [-0.3, -0.25) is 4.79 Å². The first-order valence-electron chi connectivity index (χ1n) is 6.89. The minimum atomic E-state index is -0.0632. The number of aryl methyl sites for hydroxylation is 2. The minimum absolute atomic E-state index is 0.0632. The van der Waals surface area contributed by atoms with Gasteiger partial charge < -0.3 is 16.0 Å². The molecule has 0 atom stereocenters. The van der Waals surface area contributed by atoms with Gasteiger partial charge in [0.05, 0.1) is 6.54 Å². The minimum Gasteiger partial charge on any atom is -0.399 e. The van der Waals surface area contributed by atoms with E-state index in [-0.39, 0.29) is 12.5 Å². The van der Waals surface area contributed by atoms with Crippen LogP contribution in [-0.2, 0) is 4.79 Å². The number of carbonyl (C=O) groups is 1. The highest BCUT2D eigenvalue weighted by Crippen LogP contribution is 2.18. The number of amides is 1. The molecule has 0 bridgehead atoms. The molecule has 0 saturated carbocycles. The summed E-state index contributed by atoms with van der Waals surface area (Å²) in [5.41, 5.74) is 10.4. The van der Waals surface area contributed by atoms with Crippen LogP contribution < -0.4 is 16.0 Å². The molecule has 2 aromatic rings. The van der Waals surface area contributed by atoms with E-state index >= 15 is 0 Å². The summed E-state index contributed by atoms with van der Waals surface area (Å²) in [6.07, 6.45) is 0. The van der Waals surface area contributed by atoms with Crippen LogP contribution in [0.3, 0.4) is 0 Å². The predicted molar refractivity (Wildman–Crippen MR) is 88.7 cm³/mol. The third-order valence-corrected chi connectivity index (χ3v) is 3.39. The molecule has 4 heteroatoms. The average molecular weight is 283 g/mol. The second-order valence-electron chi connectivity index (χ2n) is 5.31. The summed E-state index contributed by atoms with van der Waals surface area (Å²) in [6.45, 7) is 4.27. The zero-order chi connectivity index (χ0) is 15.4. The fourth-order valence-corrected chi connectivity index (χ4v) is 2.07. The first-order valence-corrected chi connectivity index (χ1v) is 6.89. The molecular weight excluding hydrogens is 262 g/mol. The number of rotatable bonds is 4. The Labute approximate surface area is 125 Å². The van der Waals surface area contributed by atoms with E-state index in [1.165, 1.54) is 5.56 Å². The lowest BCUT2D eigenvalue weighted by Crippen LogP contribution is -2.30. The molecule has 1 amide bonds. The van der Waals surface area contributed by atoms with Crippen LogP contribution in [-0.4, -0.2) is 19.5 Å². The lowest BCUT2D eigenvalue weighted by Gasteiger charge is -2.19. The molecule has 0 aliphatic heterocycles. The third-order valence-electron chi connectivity index (χ3n) is 3.39. The first-order chi connectivity index (χ1) is 9.95. The van der Waals surface area contributed by atoms with E-state index in [0.717, 1.165) is 16.9 Å². The van der Waals surface area contributed by atoms with Crippen molar-refractivity contribution in [3.8, 4) is 0 Å². The van der Waals surface area contributed by atoms with Gasteiger partial charge in [-0.15, -0.1) is 0 Å². The summed E-state index contributed by atoms with van der Waals surface area (Å²) >= 11 is 0. The van der Waals surface area contributed by atoms with Crippen molar-refractivity contribution in [3.63, 3.8) is 0 Å². The topological polar surface area (TPSA) is 58.4 Å². The molecule has 0 aromatic heterocycles. The maximum atomic E-state index is 12.1. The molecule has 110 valence electrons. The summed E-state index contributed by atoms with van der Waals surface area (Å²) in [5, 5.41) is 2.90. The molecule has 0 spiro atoms. The molecule has 0 heterocycles. The number of anilines is 3. The van der Waals surface area contributed by atoms with Gasteiger partial charge in [-0.2, -0.15) is 0 Å². The second-order valence-corrected chi connectivity index (χ2v) is 5.31. The Hall–Kier alpha value is -2.49. The summed E-state index contributed by atoms with van der Waals surface area (Å²) in [5.74, 6) is -0.0632. The van der Waals surface area contributed by atoms with E-state index in [1.54, 1.807) is 6.07 Å². The van der Waals surface area contributed by atoms with Crippen molar-refractivity contribution in [1.82, 2.24) is 0 Å². The highest BCUT2D eigenvalue weighted by atomic mass is 16.2. The van der Waals surface area contributed by atoms with Crippen LogP contribution in [0, 0.1) is 13.8 Å². The summed E-state index contributed by atoms with van der Waals surface area (Å²) in [4.78, 5) is 14.0. The Morgan fingerprint density at radius 2 is 1.81 bits per heavy atom. The largest absolute Gasteiger partial charge is 0.399 e. The number of nitrogens with one attached hydrogen (secondary N) is 1. The third kappa shape index (κ3) is 3.99. The first kappa shape index (κ1) is 14.9. The van der Waals surface area contributed by atoms with Crippen molar-refractivity contribution in [1.29, 1.82) is 0 Å². The second kappa shape index (κ2) is 6.31. The summed E-state index contributed by atoms with van der Waals surface area (Å²) in [7, 11) is 1.90. The molecule has 0 aliphatic carbocycles. The van der Waals surface area contributed by atoms with Crippen molar-refractivity contribution >= 4 is 23.0 Å². The molecule has 0 radical (unpaired) electrons. The van der Waals surface area contributed by atoms with Gasteiger partial charge in [-0.25, -0.2) is 0 Å². The molecule has 0 unspecified atom stereocenters. The molecule has 3 N–H and O–H groups in total. The quantitative estimate of drug-likeness (QED) is 0.848. The fraction of sp³-hybridized carbons (Fsp3) is 0.235. The van der Waals surface area contributed by atoms with Gasteiger partial charge in [0.2, 0.25) is 5.91 Å². The Morgan fingerprint density at radius 1 is 1.14 bits per heavy atom. The molecule has 0 saturated heterocycles. The molecule has 2 aromatic carbocycles. The van der Waals surface area contributed by atoms with Gasteiger partial charge >= 0.3 is 0 Å². The van der Waals surface area contributed by atoms with E-state index in [0.29, 0.717) is 5.69 Å².